The highest BCUT2D eigenvalue weighted by molar-refractivity contribution is 5.67. The van der Waals surface area contributed by atoms with Gasteiger partial charge in [-0.05, 0) is 51.5 Å². The molecule has 2 unspecified atom stereocenters. The quantitative estimate of drug-likeness (QED) is 0.818. The number of carbonyl (C=O) groups excluding carboxylic acids is 1. The van der Waals surface area contributed by atoms with Crippen molar-refractivity contribution in [1.29, 1.82) is 0 Å². The third kappa shape index (κ3) is 6.53. The minimum absolute atomic E-state index is 0.335. The average Bonchev–Trinajstić information content (AvgIpc) is 2.81. The van der Waals surface area contributed by atoms with Gasteiger partial charge in [-0.15, -0.1) is 0 Å². The Bertz CT molecular complexity index is 358. The third-order valence-corrected chi connectivity index (χ3v) is 4.38. The van der Waals surface area contributed by atoms with Crippen LogP contribution in [0.4, 0.5) is 4.79 Å². The lowest BCUT2D eigenvalue weighted by molar-refractivity contribution is 0.0522. The van der Waals surface area contributed by atoms with Crippen LogP contribution in [-0.4, -0.2) is 48.8 Å². The fourth-order valence-electron chi connectivity index (χ4n) is 2.93. The van der Waals surface area contributed by atoms with Gasteiger partial charge in [0.25, 0.3) is 0 Å². The van der Waals surface area contributed by atoms with Gasteiger partial charge in [0, 0.05) is 25.7 Å². The van der Waals surface area contributed by atoms with Crippen LogP contribution in [0.1, 0.15) is 54.4 Å². The van der Waals surface area contributed by atoms with Crippen LogP contribution in [-0.2, 0) is 4.74 Å². The van der Waals surface area contributed by atoms with Crippen molar-refractivity contribution in [1.82, 2.24) is 10.2 Å². The SMILES string of the molecule is CC(C)(C)OC(=O)NCCC(CN)N1CCC(C(C)(C)C)C1. The van der Waals surface area contributed by atoms with Crippen LogP contribution in [0.5, 0.6) is 0 Å². The fourth-order valence-corrected chi connectivity index (χ4v) is 2.93. The van der Waals surface area contributed by atoms with E-state index in [0.717, 1.165) is 25.4 Å². The zero-order valence-corrected chi connectivity index (χ0v) is 15.2. The first kappa shape index (κ1) is 19.2. The molecule has 0 spiro atoms. The van der Waals surface area contributed by atoms with Gasteiger partial charge < -0.3 is 15.8 Å². The van der Waals surface area contributed by atoms with Gasteiger partial charge in [0.15, 0.2) is 0 Å². The maximum absolute atomic E-state index is 11.7. The molecule has 2 atom stereocenters. The van der Waals surface area contributed by atoms with Crippen molar-refractivity contribution in [2.24, 2.45) is 17.1 Å². The van der Waals surface area contributed by atoms with Crippen molar-refractivity contribution in [3.05, 3.63) is 0 Å². The maximum Gasteiger partial charge on any atom is 0.407 e. The molecule has 0 aliphatic carbocycles. The average molecular weight is 313 g/mol. The summed E-state index contributed by atoms with van der Waals surface area (Å²) in [5.41, 5.74) is 5.84. The summed E-state index contributed by atoms with van der Waals surface area (Å²) in [4.78, 5) is 14.1. The Kier molecular flexibility index (Phi) is 6.68. The molecule has 130 valence electrons. The van der Waals surface area contributed by atoms with Gasteiger partial charge in [0.2, 0.25) is 0 Å². The number of nitrogens with zero attached hydrogens (tertiary/aromatic N) is 1. The summed E-state index contributed by atoms with van der Waals surface area (Å²) >= 11 is 0. The second kappa shape index (κ2) is 7.64. The minimum atomic E-state index is -0.452. The predicted molar refractivity (Wildman–Crippen MR) is 90.8 cm³/mol. The Labute approximate surface area is 135 Å². The Morgan fingerprint density at radius 3 is 2.41 bits per heavy atom. The second-order valence-corrected chi connectivity index (χ2v) is 8.45. The number of alkyl carbamates (subject to hydrolysis) is 1. The maximum atomic E-state index is 11.7. The summed E-state index contributed by atoms with van der Waals surface area (Å²) in [6.07, 6.45) is 1.75. The lowest BCUT2D eigenvalue weighted by Gasteiger charge is -2.30. The van der Waals surface area contributed by atoms with E-state index < -0.39 is 5.60 Å². The van der Waals surface area contributed by atoms with Crippen molar-refractivity contribution in [2.45, 2.75) is 66.0 Å². The number of nitrogens with one attached hydrogen (secondary N) is 1. The Morgan fingerprint density at radius 1 is 1.32 bits per heavy atom. The number of likely N-dealkylation sites (tertiary alicyclic amines) is 1. The van der Waals surface area contributed by atoms with E-state index in [2.05, 4.69) is 31.0 Å². The smallest absolute Gasteiger partial charge is 0.407 e. The molecule has 5 nitrogen and oxygen atoms in total. The molecule has 0 aromatic carbocycles. The van der Waals surface area contributed by atoms with Crippen LogP contribution in [0.3, 0.4) is 0 Å². The van der Waals surface area contributed by atoms with Crippen molar-refractivity contribution in [3.8, 4) is 0 Å². The molecule has 0 aromatic heterocycles. The molecule has 1 amide bonds. The molecule has 22 heavy (non-hydrogen) atoms. The van der Waals surface area contributed by atoms with E-state index >= 15 is 0 Å². The number of nitrogens with two attached hydrogens (primary N) is 1. The molecule has 1 saturated heterocycles. The molecule has 1 aliphatic heterocycles. The number of hydrogen-bond donors (Lipinski definition) is 2. The van der Waals surface area contributed by atoms with E-state index in [1.807, 2.05) is 20.8 Å². The molecule has 1 rings (SSSR count). The van der Waals surface area contributed by atoms with Gasteiger partial charge in [-0.25, -0.2) is 4.79 Å². The summed E-state index contributed by atoms with van der Waals surface area (Å²) in [5.74, 6) is 0.723. The van der Waals surface area contributed by atoms with Gasteiger partial charge in [-0.1, -0.05) is 20.8 Å². The monoisotopic (exact) mass is 313 g/mol. The van der Waals surface area contributed by atoms with Crippen molar-refractivity contribution in [2.75, 3.05) is 26.2 Å². The largest absolute Gasteiger partial charge is 0.444 e. The van der Waals surface area contributed by atoms with Crippen LogP contribution in [0, 0.1) is 11.3 Å². The molecule has 0 radical (unpaired) electrons. The topological polar surface area (TPSA) is 67.6 Å². The fraction of sp³-hybridized carbons (Fsp3) is 0.941. The first-order valence-corrected chi connectivity index (χ1v) is 8.44. The molecule has 5 heteroatoms. The molecule has 0 bridgehead atoms. The van der Waals surface area contributed by atoms with Crippen LogP contribution in [0.15, 0.2) is 0 Å². The lowest BCUT2D eigenvalue weighted by atomic mass is 9.80. The standard InChI is InChI=1S/C17H35N3O2/c1-16(2,3)13-8-10-20(12-13)14(11-18)7-9-19-15(21)22-17(4,5)6/h13-14H,7-12,18H2,1-6H3,(H,19,21). The minimum Gasteiger partial charge on any atom is -0.444 e. The Hall–Kier alpha value is -0.810. The predicted octanol–water partition coefficient (Wildman–Crippen LogP) is 2.60. The van der Waals surface area contributed by atoms with Crippen molar-refractivity contribution in [3.63, 3.8) is 0 Å². The number of rotatable bonds is 5. The van der Waals surface area contributed by atoms with Gasteiger partial charge >= 0.3 is 6.09 Å². The molecular formula is C17H35N3O2. The van der Waals surface area contributed by atoms with E-state index in [1.165, 1.54) is 6.42 Å². The van der Waals surface area contributed by atoms with E-state index in [1.54, 1.807) is 0 Å². The zero-order chi connectivity index (χ0) is 17.0. The molecule has 3 N–H and O–H groups in total. The zero-order valence-electron chi connectivity index (χ0n) is 15.2. The normalized spacial score (nSPS) is 21.7. The van der Waals surface area contributed by atoms with E-state index in [-0.39, 0.29) is 6.09 Å². The third-order valence-electron chi connectivity index (χ3n) is 4.38. The highest BCUT2D eigenvalue weighted by Gasteiger charge is 2.34. The number of hydrogen-bond acceptors (Lipinski definition) is 4. The van der Waals surface area contributed by atoms with E-state index in [4.69, 9.17) is 10.5 Å². The summed E-state index contributed by atoms with van der Waals surface area (Å²) < 4.78 is 5.25. The summed E-state index contributed by atoms with van der Waals surface area (Å²) in [6, 6.07) is 0.335. The second-order valence-electron chi connectivity index (χ2n) is 8.45. The van der Waals surface area contributed by atoms with Gasteiger partial charge in [0.1, 0.15) is 5.60 Å². The molecular weight excluding hydrogens is 278 g/mol. The Balaban J connectivity index is 2.36. The van der Waals surface area contributed by atoms with Crippen LogP contribution >= 0.6 is 0 Å². The highest BCUT2D eigenvalue weighted by atomic mass is 16.6. The van der Waals surface area contributed by atoms with E-state index in [0.29, 0.717) is 24.5 Å². The lowest BCUT2D eigenvalue weighted by Crippen LogP contribution is -2.42. The Morgan fingerprint density at radius 2 is 1.95 bits per heavy atom. The molecule has 1 heterocycles. The molecule has 0 aromatic rings. The highest BCUT2D eigenvalue weighted by Crippen LogP contribution is 2.34. The molecule has 0 saturated carbocycles. The van der Waals surface area contributed by atoms with Gasteiger partial charge in [-0.2, -0.15) is 0 Å². The summed E-state index contributed by atoms with van der Waals surface area (Å²) in [6.45, 7) is 16.0. The summed E-state index contributed by atoms with van der Waals surface area (Å²) in [5, 5.41) is 2.83. The van der Waals surface area contributed by atoms with Gasteiger partial charge in [-0.3, -0.25) is 4.90 Å². The van der Waals surface area contributed by atoms with Crippen molar-refractivity contribution >= 4 is 6.09 Å². The summed E-state index contributed by atoms with van der Waals surface area (Å²) in [7, 11) is 0. The number of carbonyl (C=O) groups is 1. The molecule has 1 aliphatic rings. The first-order valence-electron chi connectivity index (χ1n) is 8.44. The van der Waals surface area contributed by atoms with Crippen molar-refractivity contribution < 1.29 is 9.53 Å². The van der Waals surface area contributed by atoms with Gasteiger partial charge in [0.05, 0.1) is 0 Å². The molecule has 1 fully saturated rings. The van der Waals surface area contributed by atoms with Crippen LogP contribution in [0.25, 0.3) is 0 Å². The van der Waals surface area contributed by atoms with E-state index in [9.17, 15) is 4.79 Å². The number of ether oxygens (including phenoxy) is 1. The van der Waals surface area contributed by atoms with Crippen LogP contribution in [0.2, 0.25) is 0 Å². The number of amides is 1. The first-order chi connectivity index (χ1) is 10.0. The van der Waals surface area contributed by atoms with Crippen LogP contribution < -0.4 is 11.1 Å².